The summed E-state index contributed by atoms with van der Waals surface area (Å²) < 4.78 is 10.4. The Bertz CT molecular complexity index is 830. The molecule has 0 aliphatic carbocycles. The Morgan fingerprint density at radius 3 is 2.33 bits per heavy atom. The van der Waals surface area contributed by atoms with Gasteiger partial charge in [0.05, 0.1) is 20.4 Å². The number of carbonyl (C=O) groups excluding carboxylic acids is 2. The van der Waals surface area contributed by atoms with Crippen molar-refractivity contribution >= 4 is 23.7 Å². The third kappa shape index (κ3) is 5.57. The Hall–Kier alpha value is -3.35. The van der Waals surface area contributed by atoms with Gasteiger partial charge in [-0.2, -0.15) is 5.10 Å². The molecule has 7 nitrogen and oxygen atoms in total. The quantitative estimate of drug-likeness (QED) is 0.580. The average Bonchev–Trinajstić information content (AvgIpc) is 2.68. The molecule has 0 unspecified atom stereocenters. The summed E-state index contributed by atoms with van der Waals surface area (Å²) in [6, 6.07) is 11.9. The maximum Gasteiger partial charge on any atom is 0.271 e. The van der Waals surface area contributed by atoms with E-state index in [1.165, 1.54) is 6.21 Å². The van der Waals surface area contributed by atoms with E-state index in [-0.39, 0.29) is 17.7 Å². The van der Waals surface area contributed by atoms with Gasteiger partial charge in [0, 0.05) is 28.8 Å². The Morgan fingerprint density at radius 2 is 1.74 bits per heavy atom. The molecule has 0 saturated heterocycles. The highest BCUT2D eigenvalue weighted by Gasteiger charge is 2.09. The summed E-state index contributed by atoms with van der Waals surface area (Å²) in [4.78, 5) is 23.8. The monoisotopic (exact) mass is 369 g/mol. The number of hydrazone groups is 1. The lowest BCUT2D eigenvalue weighted by Crippen LogP contribution is -2.19. The van der Waals surface area contributed by atoms with E-state index in [9.17, 15) is 9.59 Å². The highest BCUT2D eigenvalue weighted by molar-refractivity contribution is 5.96. The van der Waals surface area contributed by atoms with E-state index >= 15 is 0 Å². The van der Waals surface area contributed by atoms with Crippen LogP contribution in [-0.2, 0) is 4.79 Å². The second kappa shape index (κ2) is 9.38. The van der Waals surface area contributed by atoms with Crippen molar-refractivity contribution in [3.8, 4) is 11.5 Å². The third-order valence-electron chi connectivity index (χ3n) is 3.75. The van der Waals surface area contributed by atoms with E-state index in [1.54, 1.807) is 56.7 Å². The molecule has 0 bridgehead atoms. The lowest BCUT2D eigenvalue weighted by Gasteiger charge is -2.08. The number of nitrogens with zero attached hydrogens (tertiary/aromatic N) is 1. The van der Waals surface area contributed by atoms with Gasteiger partial charge in [0.2, 0.25) is 5.91 Å². The molecular weight excluding hydrogens is 346 g/mol. The van der Waals surface area contributed by atoms with Gasteiger partial charge in [-0.1, -0.05) is 13.8 Å². The minimum absolute atomic E-state index is 0.0785. The maximum atomic E-state index is 12.2. The molecule has 2 aromatic carbocycles. The van der Waals surface area contributed by atoms with Crippen LogP contribution in [0.1, 0.15) is 29.8 Å². The number of nitrogens with one attached hydrogen (secondary N) is 2. The number of carbonyl (C=O) groups is 2. The minimum atomic E-state index is -0.361. The molecule has 142 valence electrons. The zero-order valence-corrected chi connectivity index (χ0v) is 15.8. The number of methoxy groups -OCH3 is 2. The molecule has 2 amide bonds. The Morgan fingerprint density at radius 1 is 1.04 bits per heavy atom. The molecule has 0 aliphatic heterocycles. The van der Waals surface area contributed by atoms with Crippen molar-refractivity contribution in [3.63, 3.8) is 0 Å². The third-order valence-corrected chi connectivity index (χ3v) is 3.75. The van der Waals surface area contributed by atoms with E-state index in [1.807, 2.05) is 13.8 Å². The second-order valence-corrected chi connectivity index (χ2v) is 6.03. The highest BCUT2D eigenvalue weighted by Crippen LogP contribution is 2.23. The van der Waals surface area contributed by atoms with Crippen molar-refractivity contribution in [2.24, 2.45) is 11.0 Å². The molecule has 7 heteroatoms. The molecule has 2 N–H and O–H groups in total. The van der Waals surface area contributed by atoms with Crippen LogP contribution in [-0.4, -0.2) is 32.2 Å². The number of benzene rings is 2. The van der Waals surface area contributed by atoms with Gasteiger partial charge in [-0.05, 0) is 36.4 Å². The number of anilines is 1. The first-order chi connectivity index (χ1) is 12.9. The van der Waals surface area contributed by atoms with Crippen LogP contribution in [0, 0.1) is 5.92 Å². The largest absolute Gasteiger partial charge is 0.497 e. The molecule has 0 atom stereocenters. The van der Waals surface area contributed by atoms with Gasteiger partial charge in [0.1, 0.15) is 11.5 Å². The molecule has 0 heterocycles. The van der Waals surface area contributed by atoms with Gasteiger partial charge >= 0.3 is 0 Å². The summed E-state index contributed by atoms with van der Waals surface area (Å²) >= 11 is 0. The van der Waals surface area contributed by atoms with Crippen molar-refractivity contribution in [2.75, 3.05) is 19.5 Å². The van der Waals surface area contributed by atoms with Gasteiger partial charge in [-0.25, -0.2) is 5.43 Å². The molecule has 2 rings (SSSR count). The molecule has 0 radical (unpaired) electrons. The summed E-state index contributed by atoms with van der Waals surface area (Å²) in [5.41, 5.74) is 4.22. The first-order valence-electron chi connectivity index (χ1n) is 8.41. The Kier molecular flexibility index (Phi) is 6.93. The first-order valence-corrected chi connectivity index (χ1v) is 8.41. The molecule has 0 saturated carbocycles. The van der Waals surface area contributed by atoms with Crippen molar-refractivity contribution in [3.05, 3.63) is 53.6 Å². The fraction of sp³-hybridized carbons (Fsp3) is 0.250. The Balaban J connectivity index is 1.99. The summed E-state index contributed by atoms with van der Waals surface area (Å²) in [5, 5.41) is 6.73. The van der Waals surface area contributed by atoms with Gasteiger partial charge in [0.25, 0.3) is 5.91 Å². The van der Waals surface area contributed by atoms with Crippen LogP contribution >= 0.6 is 0 Å². The van der Waals surface area contributed by atoms with Crippen LogP contribution in [0.4, 0.5) is 5.69 Å². The lowest BCUT2D eigenvalue weighted by atomic mass is 10.1. The SMILES string of the molecule is COc1ccc(/C=N/NC(=O)c2ccc(NC(=O)C(C)C)cc2)c(OC)c1. The van der Waals surface area contributed by atoms with Crippen LogP contribution in [0.25, 0.3) is 0 Å². The van der Waals surface area contributed by atoms with E-state index in [2.05, 4.69) is 15.8 Å². The molecule has 0 aromatic heterocycles. The van der Waals surface area contributed by atoms with E-state index in [0.29, 0.717) is 28.3 Å². The van der Waals surface area contributed by atoms with E-state index in [4.69, 9.17) is 9.47 Å². The highest BCUT2D eigenvalue weighted by atomic mass is 16.5. The predicted octanol–water partition coefficient (Wildman–Crippen LogP) is 3.06. The van der Waals surface area contributed by atoms with Crippen molar-refractivity contribution in [1.82, 2.24) is 5.43 Å². The summed E-state index contributed by atoms with van der Waals surface area (Å²) in [6.45, 7) is 3.62. The number of hydrogen-bond acceptors (Lipinski definition) is 5. The molecule has 0 aliphatic rings. The van der Waals surface area contributed by atoms with Crippen molar-refractivity contribution < 1.29 is 19.1 Å². The van der Waals surface area contributed by atoms with Gasteiger partial charge < -0.3 is 14.8 Å². The van der Waals surface area contributed by atoms with Crippen molar-refractivity contribution in [1.29, 1.82) is 0 Å². The number of hydrogen-bond donors (Lipinski definition) is 2. The average molecular weight is 369 g/mol. The topological polar surface area (TPSA) is 89.0 Å². The maximum absolute atomic E-state index is 12.2. The summed E-state index contributed by atoms with van der Waals surface area (Å²) in [7, 11) is 3.12. The molecule has 0 fully saturated rings. The summed E-state index contributed by atoms with van der Waals surface area (Å²) in [5.74, 6) is 0.693. The van der Waals surface area contributed by atoms with Gasteiger partial charge in [0.15, 0.2) is 0 Å². The van der Waals surface area contributed by atoms with Crippen LogP contribution in [0.15, 0.2) is 47.6 Å². The van der Waals surface area contributed by atoms with E-state index < -0.39 is 0 Å². The molecule has 0 spiro atoms. The fourth-order valence-electron chi connectivity index (χ4n) is 2.14. The van der Waals surface area contributed by atoms with Crippen LogP contribution in [0.2, 0.25) is 0 Å². The first kappa shape index (κ1) is 20.0. The van der Waals surface area contributed by atoms with Crippen LogP contribution < -0.4 is 20.2 Å². The summed E-state index contributed by atoms with van der Waals surface area (Å²) in [6.07, 6.45) is 1.49. The van der Waals surface area contributed by atoms with Crippen LogP contribution in [0.5, 0.6) is 11.5 Å². The second-order valence-electron chi connectivity index (χ2n) is 6.03. The van der Waals surface area contributed by atoms with Gasteiger partial charge in [-0.15, -0.1) is 0 Å². The van der Waals surface area contributed by atoms with Gasteiger partial charge in [-0.3, -0.25) is 9.59 Å². The number of ether oxygens (including phenoxy) is 2. The molecular formula is C20H23N3O4. The van der Waals surface area contributed by atoms with Crippen molar-refractivity contribution in [2.45, 2.75) is 13.8 Å². The molecule has 2 aromatic rings. The fourth-order valence-corrected chi connectivity index (χ4v) is 2.14. The number of amides is 2. The van der Waals surface area contributed by atoms with E-state index in [0.717, 1.165) is 0 Å². The zero-order valence-electron chi connectivity index (χ0n) is 15.8. The molecule has 27 heavy (non-hydrogen) atoms. The minimum Gasteiger partial charge on any atom is -0.497 e. The Labute approximate surface area is 158 Å². The lowest BCUT2D eigenvalue weighted by molar-refractivity contribution is -0.118. The number of rotatable bonds is 7. The van der Waals surface area contributed by atoms with Crippen LogP contribution in [0.3, 0.4) is 0 Å². The smallest absolute Gasteiger partial charge is 0.271 e. The zero-order chi connectivity index (χ0) is 19.8. The predicted molar refractivity (Wildman–Crippen MR) is 105 cm³/mol. The normalized spacial score (nSPS) is 10.7. The standard InChI is InChI=1S/C20H23N3O4/c1-13(2)19(24)22-16-8-5-14(6-9-16)20(25)23-21-12-15-7-10-17(26-3)11-18(15)27-4/h5-13H,1-4H3,(H,22,24)(H,23,25)/b21-12+.